The lowest BCUT2D eigenvalue weighted by atomic mass is 10.0. The van der Waals surface area contributed by atoms with Crippen LogP contribution in [-0.2, 0) is 21.4 Å². The van der Waals surface area contributed by atoms with Gasteiger partial charge in [-0.15, -0.1) is 0 Å². The molecule has 1 saturated heterocycles. The molecule has 6 nitrogen and oxygen atoms in total. The van der Waals surface area contributed by atoms with Gasteiger partial charge in [-0.1, -0.05) is 48.1 Å². The van der Waals surface area contributed by atoms with Crippen molar-refractivity contribution in [1.82, 2.24) is 9.29 Å². The molecule has 0 N–H and O–H groups in total. The second-order valence-corrected chi connectivity index (χ2v) is 10.3. The van der Waals surface area contributed by atoms with Gasteiger partial charge in [0.05, 0.1) is 23.0 Å². The fourth-order valence-corrected chi connectivity index (χ4v) is 5.85. The number of hydrogen-bond acceptors (Lipinski definition) is 5. The molecular formula is C21H22FN3O3S2. The number of nitrogens with zero attached hydrogens (tertiary/aromatic N) is 3. The molecule has 0 radical (unpaired) electrons. The number of carbonyl (C=O) groups excluding carboxylic acids is 1. The van der Waals surface area contributed by atoms with Crippen LogP contribution in [0.3, 0.4) is 0 Å². The predicted molar refractivity (Wildman–Crippen MR) is 116 cm³/mol. The third-order valence-corrected chi connectivity index (χ3v) is 7.51. The number of rotatable bonds is 5. The summed E-state index contributed by atoms with van der Waals surface area (Å²) in [5.74, 6) is -0.669. The minimum atomic E-state index is -3.52. The summed E-state index contributed by atoms with van der Waals surface area (Å²) in [7, 11) is -3.52. The first kappa shape index (κ1) is 20.9. The predicted octanol–water partition coefficient (Wildman–Crippen LogP) is 3.78. The minimum absolute atomic E-state index is 0.260. The summed E-state index contributed by atoms with van der Waals surface area (Å²) in [6.45, 7) is 0.593. The smallest absolute Gasteiger partial charge is 0.247 e. The number of thiazole rings is 1. The van der Waals surface area contributed by atoms with Gasteiger partial charge in [0.25, 0.3) is 0 Å². The van der Waals surface area contributed by atoms with Gasteiger partial charge >= 0.3 is 0 Å². The summed E-state index contributed by atoms with van der Waals surface area (Å²) in [4.78, 5) is 19.7. The van der Waals surface area contributed by atoms with E-state index in [1.807, 2.05) is 30.3 Å². The Balaban J connectivity index is 1.74. The van der Waals surface area contributed by atoms with E-state index >= 15 is 0 Å². The highest BCUT2D eigenvalue weighted by molar-refractivity contribution is 7.88. The van der Waals surface area contributed by atoms with Crippen LogP contribution in [-0.4, -0.2) is 42.5 Å². The van der Waals surface area contributed by atoms with Crippen molar-refractivity contribution in [3.8, 4) is 0 Å². The van der Waals surface area contributed by atoms with Crippen molar-refractivity contribution in [2.24, 2.45) is 0 Å². The fourth-order valence-electron chi connectivity index (χ4n) is 3.74. The quantitative estimate of drug-likeness (QED) is 0.597. The van der Waals surface area contributed by atoms with E-state index in [2.05, 4.69) is 4.98 Å². The normalized spacial score (nSPS) is 17.9. The van der Waals surface area contributed by atoms with Crippen LogP contribution in [0.25, 0.3) is 10.2 Å². The van der Waals surface area contributed by atoms with Crippen molar-refractivity contribution in [3.63, 3.8) is 0 Å². The zero-order valence-electron chi connectivity index (χ0n) is 16.5. The highest BCUT2D eigenvalue weighted by Crippen LogP contribution is 2.32. The highest BCUT2D eigenvalue weighted by atomic mass is 32.2. The number of anilines is 1. The molecule has 30 heavy (non-hydrogen) atoms. The highest BCUT2D eigenvalue weighted by Gasteiger charge is 2.38. The van der Waals surface area contributed by atoms with Gasteiger partial charge in [0.15, 0.2) is 5.13 Å². The Hall–Kier alpha value is -2.36. The number of carbonyl (C=O) groups is 1. The van der Waals surface area contributed by atoms with E-state index in [0.29, 0.717) is 28.3 Å². The van der Waals surface area contributed by atoms with Crippen LogP contribution in [0.2, 0.25) is 0 Å². The molecule has 1 unspecified atom stereocenters. The van der Waals surface area contributed by atoms with E-state index in [4.69, 9.17) is 0 Å². The minimum Gasteiger partial charge on any atom is -0.282 e. The number of hydrogen-bond donors (Lipinski definition) is 0. The summed E-state index contributed by atoms with van der Waals surface area (Å²) in [6.07, 6.45) is 3.12. The standard InChI is InChI=1S/C21H22FN3O3S2/c1-30(27,28)25-12-6-5-9-18(25)20(26)24(14-15-7-3-2-4-8-15)21-23-17-11-10-16(22)13-19(17)29-21/h2-4,7-8,10-11,13,18H,5-6,9,12,14H2,1H3. The number of piperidine rings is 1. The molecule has 0 bridgehead atoms. The molecule has 4 rings (SSSR count). The van der Waals surface area contributed by atoms with Crippen molar-refractivity contribution < 1.29 is 17.6 Å². The molecule has 1 fully saturated rings. The molecule has 3 aromatic rings. The van der Waals surface area contributed by atoms with E-state index in [-0.39, 0.29) is 18.3 Å². The first-order valence-corrected chi connectivity index (χ1v) is 12.4. The van der Waals surface area contributed by atoms with Crippen LogP contribution < -0.4 is 4.90 Å². The van der Waals surface area contributed by atoms with Crippen LogP contribution in [0.4, 0.5) is 9.52 Å². The third-order valence-electron chi connectivity index (χ3n) is 5.18. The van der Waals surface area contributed by atoms with Crippen molar-refractivity contribution >= 4 is 42.6 Å². The molecule has 158 valence electrons. The number of benzene rings is 2. The lowest BCUT2D eigenvalue weighted by Gasteiger charge is -2.35. The first-order chi connectivity index (χ1) is 14.3. The summed E-state index contributed by atoms with van der Waals surface area (Å²) < 4.78 is 40.2. The third kappa shape index (κ3) is 4.38. The van der Waals surface area contributed by atoms with Gasteiger partial charge in [-0.05, 0) is 36.6 Å². The van der Waals surface area contributed by atoms with Crippen LogP contribution in [0.15, 0.2) is 48.5 Å². The summed E-state index contributed by atoms with van der Waals surface area (Å²) in [5, 5.41) is 0.434. The van der Waals surface area contributed by atoms with Gasteiger partial charge in [0, 0.05) is 6.54 Å². The molecule has 9 heteroatoms. The zero-order valence-corrected chi connectivity index (χ0v) is 18.1. The first-order valence-electron chi connectivity index (χ1n) is 9.71. The van der Waals surface area contributed by atoms with Crippen molar-refractivity contribution in [3.05, 3.63) is 59.9 Å². The Kier molecular flexibility index (Phi) is 5.86. The molecule has 1 aromatic heterocycles. The topological polar surface area (TPSA) is 70.6 Å². The second kappa shape index (κ2) is 8.41. The molecular weight excluding hydrogens is 425 g/mol. The van der Waals surface area contributed by atoms with Gasteiger partial charge in [0.1, 0.15) is 11.9 Å². The number of aromatic nitrogens is 1. The van der Waals surface area contributed by atoms with Gasteiger partial charge in [-0.3, -0.25) is 9.69 Å². The number of halogens is 1. The molecule has 1 aliphatic heterocycles. The number of sulfonamides is 1. The van der Waals surface area contributed by atoms with Crippen LogP contribution in [0.5, 0.6) is 0 Å². The second-order valence-electron chi connectivity index (χ2n) is 7.40. The molecule has 1 amide bonds. The maximum Gasteiger partial charge on any atom is 0.247 e. The molecule has 2 heterocycles. The Labute approximate surface area is 179 Å². The van der Waals surface area contributed by atoms with E-state index in [1.165, 1.54) is 32.7 Å². The molecule has 0 aliphatic carbocycles. The average molecular weight is 448 g/mol. The maximum absolute atomic E-state index is 13.7. The summed E-state index contributed by atoms with van der Waals surface area (Å²) in [6, 6.07) is 13.0. The van der Waals surface area contributed by atoms with E-state index in [0.717, 1.165) is 24.7 Å². The SMILES string of the molecule is CS(=O)(=O)N1CCCCC1C(=O)N(Cc1ccccc1)c1nc2ccc(F)cc2s1. The van der Waals surface area contributed by atoms with Gasteiger partial charge in [0.2, 0.25) is 15.9 Å². The Morgan fingerprint density at radius 3 is 2.73 bits per heavy atom. The lowest BCUT2D eigenvalue weighted by molar-refractivity contribution is -0.123. The van der Waals surface area contributed by atoms with Crippen molar-refractivity contribution in [1.29, 1.82) is 0 Å². The van der Waals surface area contributed by atoms with Crippen molar-refractivity contribution in [2.75, 3.05) is 17.7 Å². The Bertz CT molecular complexity index is 1160. The van der Waals surface area contributed by atoms with Gasteiger partial charge < -0.3 is 0 Å². The fraction of sp³-hybridized carbons (Fsp3) is 0.333. The maximum atomic E-state index is 13.7. The molecule has 0 saturated carbocycles. The number of fused-ring (bicyclic) bond motifs is 1. The molecule has 1 aliphatic rings. The van der Waals surface area contributed by atoms with Crippen molar-refractivity contribution in [2.45, 2.75) is 31.8 Å². The largest absolute Gasteiger partial charge is 0.282 e. The zero-order chi connectivity index (χ0) is 21.3. The molecule has 1 atom stereocenters. The monoisotopic (exact) mass is 447 g/mol. The molecule has 0 spiro atoms. The van der Waals surface area contributed by atoms with Gasteiger partial charge in [-0.2, -0.15) is 4.31 Å². The van der Waals surface area contributed by atoms with Crippen LogP contribution in [0.1, 0.15) is 24.8 Å². The Morgan fingerprint density at radius 1 is 1.23 bits per heavy atom. The van der Waals surface area contributed by atoms with E-state index < -0.39 is 16.1 Å². The summed E-state index contributed by atoms with van der Waals surface area (Å²) in [5.41, 5.74) is 1.50. The lowest BCUT2D eigenvalue weighted by Crippen LogP contribution is -2.52. The van der Waals surface area contributed by atoms with E-state index in [1.54, 1.807) is 6.07 Å². The van der Waals surface area contributed by atoms with Gasteiger partial charge in [-0.25, -0.2) is 17.8 Å². The average Bonchev–Trinajstić information content (AvgIpc) is 3.14. The molecule has 2 aromatic carbocycles. The van der Waals surface area contributed by atoms with Crippen LogP contribution in [0, 0.1) is 5.82 Å². The summed E-state index contributed by atoms with van der Waals surface area (Å²) >= 11 is 1.23. The van der Waals surface area contributed by atoms with E-state index in [9.17, 15) is 17.6 Å². The number of amides is 1. The van der Waals surface area contributed by atoms with Crippen LogP contribution >= 0.6 is 11.3 Å². The Morgan fingerprint density at radius 2 is 2.00 bits per heavy atom.